The predicted molar refractivity (Wildman–Crippen MR) is 141 cm³/mol. The summed E-state index contributed by atoms with van der Waals surface area (Å²) in [5, 5.41) is 22.2. The topological polar surface area (TPSA) is 118 Å². The number of hydrogen-bond donors (Lipinski definition) is 0. The van der Waals surface area contributed by atoms with Crippen molar-refractivity contribution < 1.29 is 8.78 Å². The standard InChI is InChI=1S/C27H25F2N9S/c1-26(2)17-7-10-27(26,24-16(17)13-20(35-36-24)23-18(28)5-4-6-19(23)29)21-8-11-31-25(34-21)38-15-32-22(37-38)9-12-39(3)33-14-30/h4-6,8,11,13,15,17H,7,9-10,12H2,1-3H3/t17-,27+,39?/m0/s1. The van der Waals surface area contributed by atoms with E-state index in [1.165, 1.54) is 18.2 Å². The van der Waals surface area contributed by atoms with Crippen LogP contribution < -0.4 is 0 Å². The number of aryl methyl sites for hydroxylation is 1. The van der Waals surface area contributed by atoms with Crippen molar-refractivity contribution in [1.29, 1.82) is 5.26 Å². The van der Waals surface area contributed by atoms with Gasteiger partial charge in [0, 0.05) is 18.4 Å². The molecule has 39 heavy (non-hydrogen) atoms. The number of halogens is 2. The molecule has 3 atom stereocenters. The van der Waals surface area contributed by atoms with Crippen molar-refractivity contribution >= 4 is 10.7 Å². The average Bonchev–Trinajstić information content (AvgIpc) is 3.55. The van der Waals surface area contributed by atoms with Crippen LogP contribution in [0.15, 0.2) is 47.2 Å². The molecule has 0 amide bonds. The van der Waals surface area contributed by atoms with Crippen molar-refractivity contribution in [2.45, 2.75) is 44.4 Å². The molecule has 9 nitrogen and oxygen atoms in total. The molecule has 0 saturated heterocycles. The van der Waals surface area contributed by atoms with E-state index in [1.54, 1.807) is 23.3 Å². The highest BCUT2D eigenvalue weighted by Crippen LogP contribution is 2.69. The van der Waals surface area contributed by atoms with E-state index in [1.807, 2.05) is 18.5 Å². The summed E-state index contributed by atoms with van der Waals surface area (Å²) in [4.78, 5) is 13.8. The lowest BCUT2D eigenvalue weighted by Gasteiger charge is -2.37. The van der Waals surface area contributed by atoms with Gasteiger partial charge in [-0.05, 0) is 60.3 Å². The van der Waals surface area contributed by atoms with Gasteiger partial charge in [-0.15, -0.1) is 10.2 Å². The number of aromatic nitrogens is 7. The molecule has 1 fully saturated rings. The van der Waals surface area contributed by atoms with E-state index < -0.39 is 17.0 Å². The lowest BCUT2D eigenvalue weighted by atomic mass is 9.66. The summed E-state index contributed by atoms with van der Waals surface area (Å²) < 4.78 is 34.5. The molecule has 1 saturated carbocycles. The third-order valence-corrected chi connectivity index (χ3v) is 9.43. The Labute approximate surface area is 226 Å². The molecule has 2 bridgehead atoms. The van der Waals surface area contributed by atoms with E-state index in [0.29, 0.717) is 23.9 Å². The van der Waals surface area contributed by atoms with E-state index in [9.17, 15) is 8.78 Å². The molecule has 2 aliphatic carbocycles. The largest absolute Gasteiger partial charge is 0.252 e. The van der Waals surface area contributed by atoms with Crippen LogP contribution in [-0.4, -0.2) is 46.9 Å². The van der Waals surface area contributed by atoms with Crippen LogP contribution in [0.25, 0.3) is 17.2 Å². The van der Waals surface area contributed by atoms with Gasteiger partial charge in [-0.3, -0.25) is 0 Å². The molecule has 0 radical (unpaired) electrons. The predicted octanol–water partition coefficient (Wildman–Crippen LogP) is 4.45. The number of hydrogen-bond acceptors (Lipinski definition) is 8. The monoisotopic (exact) mass is 545 g/mol. The van der Waals surface area contributed by atoms with Gasteiger partial charge in [0.25, 0.3) is 5.95 Å². The van der Waals surface area contributed by atoms with Crippen molar-refractivity contribution in [2.24, 2.45) is 9.78 Å². The van der Waals surface area contributed by atoms with Crippen LogP contribution in [0.4, 0.5) is 8.78 Å². The summed E-state index contributed by atoms with van der Waals surface area (Å²) in [5.74, 6) is 0.511. The highest BCUT2D eigenvalue weighted by Gasteiger charge is 2.65. The number of benzene rings is 1. The zero-order valence-corrected chi connectivity index (χ0v) is 22.5. The second kappa shape index (κ2) is 9.34. The number of fused-ring (bicyclic) bond motifs is 5. The van der Waals surface area contributed by atoms with Crippen LogP contribution >= 0.6 is 0 Å². The Morgan fingerprint density at radius 3 is 2.74 bits per heavy atom. The number of nitrogens with zero attached hydrogens (tertiary/aromatic N) is 9. The van der Waals surface area contributed by atoms with E-state index in [4.69, 9.17) is 10.2 Å². The van der Waals surface area contributed by atoms with E-state index in [2.05, 4.69) is 43.5 Å². The van der Waals surface area contributed by atoms with Crippen LogP contribution in [0.5, 0.6) is 0 Å². The molecule has 198 valence electrons. The SMILES string of the molecule is CS(CCc1ncn(-c2nccc([C@]34CC[C@@H](c5cc(-c6c(F)cccc6F)nnc53)C4(C)C)n2)n1)=NC#N. The van der Waals surface area contributed by atoms with E-state index >= 15 is 0 Å². The van der Waals surface area contributed by atoms with Crippen molar-refractivity contribution in [3.8, 4) is 23.4 Å². The van der Waals surface area contributed by atoms with Gasteiger partial charge in [-0.1, -0.05) is 30.6 Å². The van der Waals surface area contributed by atoms with Gasteiger partial charge >= 0.3 is 0 Å². The van der Waals surface area contributed by atoms with Gasteiger partial charge in [0.1, 0.15) is 18.0 Å². The Kier molecular flexibility index (Phi) is 6.06. The minimum absolute atomic E-state index is 0.134. The van der Waals surface area contributed by atoms with Gasteiger partial charge in [0.2, 0.25) is 6.19 Å². The fraction of sp³-hybridized carbons (Fsp3) is 0.370. The minimum Gasteiger partial charge on any atom is -0.220 e. The molecule has 2 aliphatic rings. The van der Waals surface area contributed by atoms with Crippen molar-refractivity contribution in [3.05, 3.63) is 77.3 Å². The molecule has 3 heterocycles. The number of rotatable bonds is 6. The second-order valence-corrected chi connectivity index (χ2v) is 12.2. The first-order valence-corrected chi connectivity index (χ1v) is 14.3. The highest BCUT2D eigenvalue weighted by molar-refractivity contribution is 7.86. The van der Waals surface area contributed by atoms with Crippen LogP contribution in [0, 0.1) is 28.5 Å². The van der Waals surface area contributed by atoms with Crippen LogP contribution in [0.3, 0.4) is 0 Å². The Morgan fingerprint density at radius 2 is 1.97 bits per heavy atom. The first-order chi connectivity index (χ1) is 18.8. The average molecular weight is 546 g/mol. The smallest absolute Gasteiger partial charge is 0.220 e. The zero-order chi connectivity index (χ0) is 27.4. The van der Waals surface area contributed by atoms with Crippen molar-refractivity contribution in [3.63, 3.8) is 0 Å². The maximum absolute atomic E-state index is 14.5. The summed E-state index contributed by atoms with van der Waals surface area (Å²) in [5.41, 5.74) is 1.78. The molecule has 0 spiro atoms. The molecule has 1 aromatic carbocycles. The quantitative estimate of drug-likeness (QED) is 0.329. The van der Waals surface area contributed by atoms with E-state index in [0.717, 1.165) is 29.8 Å². The summed E-state index contributed by atoms with van der Waals surface area (Å²) in [6.07, 6.45) is 9.34. The van der Waals surface area contributed by atoms with Crippen LogP contribution in [-0.2, 0) is 22.5 Å². The molecule has 6 rings (SSSR count). The summed E-state index contributed by atoms with van der Waals surface area (Å²) >= 11 is 0. The maximum atomic E-state index is 14.5. The Bertz CT molecular complexity index is 1660. The van der Waals surface area contributed by atoms with Gasteiger partial charge in [-0.25, -0.2) is 23.7 Å². The summed E-state index contributed by atoms with van der Waals surface area (Å²) in [6.45, 7) is 4.39. The molecular weight excluding hydrogens is 520 g/mol. The van der Waals surface area contributed by atoms with Crippen molar-refractivity contribution in [1.82, 2.24) is 34.9 Å². The minimum atomic E-state index is -0.664. The molecule has 0 N–H and O–H groups in total. The first-order valence-electron chi connectivity index (χ1n) is 12.6. The second-order valence-electron chi connectivity index (χ2n) is 10.4. The Balaban J connectivity index is 1.38. The van der Waals surface area contributed by atoms with E-state index in [-0.39, 0.29) is 33.3 Å². The molecule has 12 heteroatoms. The fourth-order valence-corrected chi connectivity index (χ4v) is 7.02. The Morgan fingerprint density at radius 1 is 1.18 bits per heavy atom. The molecule has 1 unspecified atom stereocenters. The lowest BCUT2D eigenvalue weighted by Crippen LogP contribution is -2.38. The van der Waals surface area contributed by atoms with Crippen molar-refractivity contribution in [2.75, 3.05) is 12.0 Å². The van der Waals surface area contributed by atoms with Gasteiger partial charge in [-0.2, -0.15) is 19.4 Å². The molecular formula is C27H25F2N9S. The number of nitriles is 1. The van der Waals surface area contributed by atoms with Crippen LogP contribution in [0.2, 0.25) is 0 Å². The third kappa shape index (κ3) is 3.86. The molecule has 0 aliphatic heterocycles. The van der Waals surface area contributed by atoms with Gasteiger partial charge < -0.3 is 0 Å². The van der Waals surface area contributed by atoms with Crippen LogP contribution in [0.1, 0.15) is 55.4 Å². The highest BCUT2D eigenvalue weighted by atomic mass is 32.2. The fourth-order valence-electron chi connectivity index (χ4n) is 6.32. The Hall–Kier alpha value is -3.98. The van der Waals surface area contributed by atoms with Gasteiger partial charge in [0.15, 0.2) is 5.82 Å². The first kappa shape index (κ1) is 25.3. The lowest BCUT2D eigenvalue weighted by molar-refractivity contribution is 0.242. The molecule has 3 aromatic heterocycles. The third-order valence-electron chi connectivity index (χ3n) is 8.24. The summed E-state index contributed by atoms with van der Waals surface area (Å²) in [6, 6.07) is 7.49. The van der Waals surface area contributed by atoms with Gasteiger partial charge in [0.05, 0.1) is 28.1 Å². The summed E-state index contributed by atoms with van der Waals surface area (Å²) in [7, 11) is -0.371. The maximum Gasteiger partial charge on any atom is 0.252 e. The normalized spacial score (nSPS) is 21.6. The zero-order valence-electron chi connectivity index (χ0n) is 21.6. The molecule has 4 aromatic rings.